The van der Waals surface area contributed by atoms with Crippen LogP contribution in [-0.4, -0.2) is 18.5 Å². The molecule has 1 atom stereocenters. The summed E-state index contributed by atoms with van der Waals surface area (Å²) in [5.74, 6) is 0.160. The van der Waals surface area contributed by atoms with Crippen LogP contribution in [-0.2, 0) is 9.53 Å². The summed E-state index contributed by atoms with van der Waals surface area (Å²) in [6.07, 6.45) is 3.74. The summed E-state index contributed by atoms with van der Waals surface area (Å²) < 4.78 is 5.16. The lowest BCUT2D eigenvalue weighted by molar-refractivity contribution is -0.139. The molecule has 12 heavy (non-hydrogen) atoms. The maximum Gasteiger partial charge on any atom is 0.164 e. The van der Waals surface area contributed by atoms with Gasteiger partial charge in [-0.25, -0.2) is 0 Å². The molecule has 0 amide bonds. The van der Waals surface area contributed by atoms with Gasteiger partial charge in [0, 0.05) is 13.5 Å². The van der Waals surface area contributed by atoms with Gasteiger partial charge in [-0.15, -0.1) is 6.58 Å². The number of carbonyl (C=O) groups excluding carboxylic acids is 1. The largest absolute Gasteiger partial charge is 0.371 e. The molecule has 70 valence electrons. The molecule has 0 aliphatic carbocycles. The average Bonchev–Trinajstić information content (AvgIpc) is 2.12. The van der Waals surface area contributed by atoms with Gasteiger partial charge in [-0.05, 0) is 19.8 Å². The topological polar surface area (TPSA) is 26.3 Å². The Balaban J connectivity index is 4.11. The van der Waals surface area contributed by atoms with Gasteiger partial charge in [0.1, 0.15) is 5.60 Å². The molecule has 0 aliphatic heterocycles. The van der Waals surface area contributed by atoms with Crippen LogP contribution in [0.25, 0.3) is 0 Å². The quantitative estimate of drug-likeness (QED) is 0.572. The highest BCUT2D eigenvalue weighted by molar-refractivity contribution is 5.86. The van der Waals surface area contributed by atoms with E-state index >= 15 is 0 Å². The maximum atomic E-state index is 11.5. The first kappa shape index (κ1) is 11.4. The van der Waals surface area contributed by atoms with E-state index in [1.807, 2.05) is 13.8 Å². The van der Waals surface area contributed by atoms with Crippen LogP contribution in [0.2, 0.25) is 0 Å². The number of ketones is 1. The number of rotatable bonds is 6. The highest BCUT2D eigenvalue weighted by Crippen LogP contribution is 2.17. The SMILES string of the molecule is C=CCCC(=O)C(C)(CC)OC. The molecule has 0 fully saturated rings. The fraction of sp³-hybridized carbons (Fsp3) is 0.700. The highest BCUT2D eigenvalue weighted by atomic mass is 16.5. The van der Waals surface area contributed by atoms with E-state index in [4.69, 9.17) is 4.74 Å². The molecule has 0 N–H and O–H groups in total. The lowest BCUT2D eigenvalue weighted by Gasteiger charge is -2.24. The number of hydrogen-bond acceptors (Lipinski definition) is 2. The molecule has 0 bridgehead atoms. The van der Waals surface area contributed by atoms with Crippen LogP contribution in [0.1, 0.15) is 33.1 Å². The van der Waals surface area contributed by atoms with E-state index in [1.54, 1.807) is 13.2 Å². The Labute approximate surface area is 74.6 Å². The summed E-state index contributed by atoms with van der Waals surface area (Å²) in [4.78, 5) is 11.5. The summed E-state index contributed by atoms with van der Waals surface area (Å²) in [7, 11) is 1.58. The standard InChI is InChI=1S/C10H18O2/c1-5-7-8-9(11)10(3,6-2)12-4/h5H,1,6-8H2,2-4H3. The minimum Gasteiger partial charge on any atom is -0.371 e. The van der Waals surface area contributed by atoms with Crippen molar-refractivity contribution >= 4 is 5.78 Å². The second kappa shape index (κ2) is 5.09. The van der Waals surface area contributed by atoms with E-state index in [0.717, 1.165) is 12.8 Å². The third-order valence-corrected chi connectivity index (χ3v) is 2.29. The Morgan fingerprint density at radius 1 is 1.67 bits per heavy atom. The minimum absolute atomic E-state index is 0.160. The van der Waals surface area contributed by atoms with Crippen molar-refractivity contribution in [2.45, 2.75) is 38.7 Å². The second-order valence-electron chi connectivity index (χ2n) is 3.04. The third kappa shape index (κ3) is 2.78. The number of methoxy groups -OCH3 is 1. The molecule has 1 unspecified atom stereocenters. The first-order valence-corrected chi connectivity index (χ1v) is 4.30. The maximum absolute atomic E-state index is 11.5. The van der Waals surface area contributed by atoms with E-state index in [0.29, 0.717) is 6.42 Å². The van der Waals surface area contributed by atoms with Crippen LogP contribution in [0.3, 0.4) is 0 Å². The van der Waals surface area contributed by atoms with Gasteiger partial charge < -0.3 is 4.74 Å². The molecule has 0 rings (SSSR count). The summed E-state index contributed by atoms with van der Waals surface area (Å²) in [6, 6.07) is 0. The summed E-state index contributed by atoms with van der Waals surface area (Å²) in [6.45, 7) is 7.36. The van der Waals surface area contributed by atoms with Gasteiger partial charge >= 0.3 is 0 Å². The molecule has 0 aromatic heterocycles. The molecular formula is C10H18O2. The second-order valence-corrected chi connectivity index (χ2v) is 3.04. The van der Waals surface area contributed by atoms with Crippen molar-refractivity contribution in [2.24, 2.45) is 0 Å². The molecule has 2 heteroatoms. The molecule has 0 aromatic rings. The highest BCUT2D eigenvalue weighted by Gasteiger charge is 2.29. The third-order valence-electron chi connectivity index (χ3n) is 2.29. The number of carbonyl (C=O) groups is 1. The zero-order valence-electron chi connectivity index (χ0n) is 8.22. The molecule has 0 spiro atoms. The molecule has 0 saturated heterocycles. The Morgan fingerprint density at radius 2 is 2.25 bits per heavy atom. The van der Waals surface area contributed by atoms with Gasteiger partial charge in [-0.2, -0.15) is 0 Å². The van der Waals surface area contributed by atoms with E-state index in [2.05, 4.69) is 6.58 Å². The number of hydrogen-bond donors (Lipinski definition) is 0. The summed E-state index contributed by atoms with van der Waals surface area (Å²) in [5, 5.41) is 0. The van der Waals surface area contributed by atoms with E-state index in [9.17, 15) is 4.79 Å². The molecule has 0 aliphatic rings. The zero-order valence-corrected chi connectivity index (χ0v) is 8.22. The Hall–Kier alpha value is -0.630. The molecule has 0 radical (unpaired) electrons. The lowest BCUT2D eigenvalue weighted by Crippen LogP contribution is -2.36. The number of Topliss-reactive ketones (excluding diaryl/α,β-unsaturated/α-hetero) is 1. The lowest BCUT2D eigenvalue weighted by atomic mass is 9.94. The fourth-order valence-electron chi connectivity index (χ4n) is 0.953. The van der Waals surface area contributed by atoms with Gasteiger partial charge in [-0.3, -0.25) is 4.79 Å². The fourth-order valence-corrected chi connectivity index (χ4v) is 0.953. The normalized spacial score (nSPS) is 15.2. The van der Waals surface area contributed by atoms with E-state index in [-0.39, 0.29) is 5.78 Å². The van der Waals surface area contributed by atoms with Crippen LogP contribution in [0.15, 0.2) is 12.7 Å². The van der Waals surface area contributed by atoms with Gasteiger partial charge in [0.2, 0.25) is 0 Å². The van der Waals surface area contributed by atoms with Crippen LogP contribution in [0.5, 0.6) is 0 Å². The number of allylic oxidation sites excluding steroid dienone is 1. The van der Waals surface area contributed by atoms with Gasteiger partial charge in [0.05, 0.1) is 0 Å². The number of ether oxygens (including phenoxy) is 1. The van der Waals surface area contributed by atoms with Crippen LogP contribution in [0.4, 0.5) is 0 Å². The van der Waals surface area contributed by atoms with Crippen molar-refractivity contribution in [3.63, 3.8) is 0 Å². The predicted octanol–water partition coefficient (Wildman–Crippen LogP) is 2.34. The molecule has 0 aromatic carbocycles. The van der Waals surface area contributed by atoms with Gasteiger partial charge in [0.15, 0.2) is 5.78 Å². The zero-order chi connectivity index (χ0) is 9.61. The van der Waals surface area contributed by atoms with Crippen molar-refractivity contribution < 1.29 is 9.53 Å². The van der Waals surface area contributed by atoms with Crippen LogP contribution < -0.4 is 0 Å². The summed E-state index contributed by atoms with van der Waals surface area (Å²) in [5.41, 5.74) is -0.594. The Bertz CT molecular complexity index is 157. The predicted molar refractivity (Wildman–Crippen MR) is 50.1 cm³/mol. The van der Waals surface area contributed by atoms with E-state index in [1.165, 1.54) is 0 Å². The van der Waals surface area contributed by atoms with Crippen molar-refractivity contribution in [1.82, 2.24) is 0 Å². The van der Waals surface area contributed by atoms with Crippen LogP contribution in [0, 0.1) is 0 Å². The van der Waals surface area contributed by atoms with Gasteiger partial charge in [-0.1, -0.05) is 13.0 Å². The molecule has 0 saturated carbocycles. The smallest absolute Gasteiger partial charge is 0.164 e. The molecule has 0 heterocycles. The molecular weight excluding hydrogens is 152 g/mol. The Kier molecular flexibility index (Phi) is 4.83. The monoisotopic (exact) mass is 170 g/mol. The first-order valence-electron chi connectivity index (χ1n) is 4.30. The van der Waals surface area contributed by atoms with Crippen molar-refractivity contribution in [3.8, 4) is 0 Å². The van der Waals surface area contributed by atoms with Crippen molar-refractivity contribution in [2.75, 3.05) is 7.11 Å². The van der Waals surface area contributed by atoms with Crippen LogP contribution >= 0.6 is 0 Å². The van der Waals surface area contributed by atoms with Crippen molar-refractivity contribution in [1.29, 1.82) is 0 Å². The Morgan fingerprint density at radius 3 is 2.58 bits per heavy atom. The minimum atomic E-state index is -0.594. The molecule has 2 nitrogen and oxygen atoms in total. The first-order chi connectivity index (χ1) is 5.60. The average molecular weight is 170 g/mol. The van der Waals surface area contributed by atoms with Crippen molar-refractivity contribution in [3.05, 3.63) is 12.7 Å². The van der Waals surface area contributed by atoms with Gasteiger partial charge in [0.25, 0.3) is 0 Å². The van der Waals surface area contributed by atoms with E-state index < -0.39 is 5.60 Å². The summed E-state index contributed by atoms with van der Waals surface area (Å²) >= 11 is 0.